The maximum absolute atomic E-state index is 12.4. The summed E-state index contributed by atoms with van der Waals surface area (Å²) < 4.78 is 10.7. The summed E-state index contributed by atoms with van der Waals surface area (Å²) in [5, 5.41) is 2.75. The van der Waals surface area contributed by atoms with E-state index in [0.29, 0.717) is 31.0 Å². The van der Waals surface area contributed by atoms with Crippen LogP contribution in [-0.2, 0) is 0 Å². The Hall–Kier alpha value is -3.09. The predicted molar refractivity (Wildman–Crippen MR) is 107 cm³/mol. The Kier molecular flexibility index (Phi) is 8.27. The van der Waals surface area contributed by atoms with E-state index in [4.69, 9.17) is 9.47 Å². The van der Waals surface area contributed by atoms with Crippen LogP contribution in [0, 0.1) is 0 Å². The standard InChI is InChI=1S/C21H27N3O4/c1-4-5-13-24(2)21(26)16-10-11-22-19(15-16)20(25)23-12-14-28-18-8-6-17(27-3)7-9-18/h6-11,15H,4-5,12-14H2,1-3H3,(H,23,25). The molecule has 2 aromatic rings. The number of pyridine rings is 1. The van der Waals surface area contributed by atoms with Gasteiger partial charge in [-0.1, -0.05) is 13.3 Å². The number of carbonyl (C=O) groups is 2. The van der Waals surface area contributed by atoms with E-state index >= 15 is 0 Å². The molecule has 2 rings (SSSR count). The molecule has 1 aromatic heterocycles. The van der Waals surface area contributed by atoms with Crippen molar-refractivity contribution < 1.29 is 19.1 Å². The summed E-state index contributed by atoms with van der Waals surface area (Å²) in [6, 6.07) is 10.3. The second-order valence-corrected chi connectivity index (χ2v) is 6.29. The number of unbranched alkanes of at least 4 members (excludes halogenated alkanes) is 1. The minimum Gasteiger partial charge on any atom is -0.497 e. The van der Waals surface area contributed by atoms with Gasteiger partial charge in [0.2, 0.25) is 0 Å². The maximum Gasteiger partial charge on any atom is 0.270 e. The minimum absolute atomic E-state index is 0.118. The van der Waals surface area contributed by atoms with Gasteiger partial charge in [-0.05, 0) is 42.8 Å². The molecular formula is C21H27N3O4. The van der Waals surface area contributed by atoms with Crippen molar-refractivity contribution in [2.75, 3.05) is 33.9 Å². The van der Waals surface area contributed by atoms with Crippen LogP contribution < -0.4 is 14.8 Å². The van der Waals surface area contributed by atoms with Gasteiger partial charge in [0.05, 0.1) is 13.7 Å². The van der Waals surface area contributed by atoms with E-state index in [2.05, 4.69) is 17.2 Å². The van der Waals surface area contributed by atoms with E-state index in [1.807, 2.05) is 0 Å². The minimum atomic E-state index is -0.343. The van der Waals surface area contributed by atoms with Gasteiger partial charge in [-0.25, -0.2) is 0 Å². The van der Waals surface area contributed by atoms with Crippen LogP contribution in [0.5, 0.6) is 11.5 Å². The quantitative estimate of drug-likeness (QED) is 0.636. The number of hydrogen-bond donors (Lipinski definition) is 1. The van der Waals surface area contributed by atoms with Gasteiger partial charge in [-0.2, -0.15) is 0 Å². The summed E-state index contributed by atoms with van der Waals surface area (Å²) in [7, 11) is 3.36. The Morgan fingerprint density at radius 3 is 2.54 bits per heavy atom. The Balaban J connectivity index is 1.84. The van der Waals surface area contributed by atoms with Crippen LogP contribution >= 0.6 is 0 Å². The van der Waals surface area contributed by atoms with E-state index in [1.165, 1.54) is 12.3 Å². The Bertz CT molecular complexity index is 777. The van der Waals surface area contributed by atoms with Gasteiger partial charge in [0, 0.05) is 25.4 Å². The molecule has 1 heterocycles. The fourth-order valence-corrected chi connectivity index (χ4v) is 2.50. The zero-order valence-electron chi connectivity index (χ0n) is 16.6. The normalized spacial score (nSPS) is 10.2. The topological polar surface area (TPSA) is 80.8 Å². The monoisotopic (exact) mass is 385 g/mol. The summed E-state index contributed by atoms with van der Waals surface area (Å²) in [5.41, 5.74) is 0.660. The molecule has 0 atom stereocenters. The number of aromatic nitrogens is 1. The Morgan fingerprint density at radius 2 is 1.86 bits per heavy atom. The average molecular weight is 385 g/mol. The lowest BCUT2D eigenvalue weighted by atomic mass is 10.2. The molecule has 0 saturated heterocycles. The fraction of sp³-hybridized carbons (Fsp3) is 0.381. The number of benzene rings is 1. The van der Waals surface area contributed by atoms with Crippen LogP contribution in [0.1, 0.15) is 40.6 Å². The van der Waals surface area contributed by atoms with Gasteiger partial charge in [-0.3, -0.25) is 14.6 Å². The van der Waals surface area contributed by atoms with Crippen LogP contribution in [0.2, 0.25) is 0 Å². The van der Waals surface area contributed by atoms with Gasteiger partial charge in [0.15, 0.2) is 0 Å². The molecule has 1 aromatic carbocycles. The molecule has 0 spiro atoms. The number of hydrogen-bond acceptors (Lipinski definition) is 5. The highest BCUT2D eigenvalue weighted by Crippen LogP contribution is 2.16. The molecule has 0 unspecified atom stereocenters. The van der Waals surface area contributed by atoms with Gasteiger partial charge in [0.1, 0.15) is 23.8 Å². The van der Waals surface area contributed by atoms with Crippen molar-refractivity contribution in [3.05, 3.63) is 53.9 Å². The first-order valence-corrected chi connectivity index (χ1v) is 9.31. The van der Waals surface area contributed by atoms with E-state index in [-0.39, 0.29) is 17.5 Å². The largest absolute Gasteiger partial charge is 0.497 e. The highest BCUT2D eigenvalue weighted by atomic mass is 16.5. The molecule has 0 saturated carbocycles. The van der Waals surface area contributed by atoms with E-state index in [0.717, 1.165) is 18.6 Å². The molecule has 0 aliphatic carbocycles. The molecule has 0 aliphatic heterocycles. The average Bonchev–Trinajstić information content (AvgIpc) is 2.74. The number of carbonyl (C=O) groups excluding carboxylic acids is 2. The predicted octanol–water partition coefficient (Wildman–Crippen LogP) is 2.77. The lowest BCUT2D eigenvalue weighted by molar-refractivity contribution is 0.0793. The third-order valence-electron chi connectivity index (χ3n) is 4.15. The van der Waals surface area contributed by atoms with Crippen molar-refractivity contribution in [3.63, 3.8) is 0 Å². The molecule has 28 heavy (non-hydrogen) atoms. The second kappa shape index (κ2) is 10.9. The SMILES string of the molecule is CCCCN(C)C(=O)c1ccnc(C(=O)NCCOc2ccc(OC)cc2)c1. The smallest absolute Gasteiger partial charge is 0.270 e. The van der Waals surface area contributed by atoms with Crippen molar-refractivity contribution in [2.45, 2.75) is 19.8 Å². The number of ether oxygens (including phenoxy) is 2. The number of nitrogens with one attached hydrogen (secondary N) is 1. The molecule has 1 N–H and O–H groups in total. The first-order chi connectivity index (χ1) is 13.5. The molecule has 150 valence electrons. The zero-order chi connectivity index (χ0) is 20.4. The first-order valence-electron chi connectivity index (χ1n) is 9.31. The molecule has 0 radical (unpaired) electrons. The summed E-state index contributed by atoms with van der Waals surface area (Å²) in [5.74, 6) is 0.981. The number of methoxy groups -OCH3 is 1. The highest BCUT2D eigenvalue weighted by molar-refractivity contribution is 5.98. The number of rotatable bonds is 10. The molecule has 0 bridgehead atoms. The Morgan fingerprint density at radius 1 is 1.14 bits per heavy atom. The van der Waals surface area contributed by atoms with Crippen molar-refractivity contribution in [2.24, 2.45) is 0 Å². The van der Waals surface area contributed by atoms with Gasteiger partial charge < -0.3 is 19.7 Å². The van der Waals surface area contributed by atoms with Gasteiger partial charge >= 0.3 is 0 Å². The first kappa shape index (κ1) is 21.2. The number of nitrogens with zero attached hydrogens (tertiary/aromatic N) is 2. The third kappa shape index (κ3) is 6.26. The summed E-state index contributed by atoms with van der Waals surface area (Å²) in [6.07, 6.45) is 3.43. The van der Waals surface area contributed by atoms with Gasteiger partial charge in [0.25, 0.3) is 11.8 Å². The van der Waals surface area contributed by atoms with E-state index < -0.39 is 0 Å². The van der Waals surface area contributed by atoms with Crippen molar-refractivity contribution in [3.8, 4) is 11.5 Å². The Labute approximate surface area is 165 Å². The lowest BCUT2D eigenvalue weighted by Gasteiger charge is -2.17. The van der Waals surface area contributed by atoms with Crippen LogP contribution in [0.25, 0.3) is 0 Å². The van der Waals surface area contributed by atoms with Crippen molar-refractivity contribution >= 4 is 11.8 Å². The lowest BCUT2D eigenvalue weighted by Crippen LogP contribution is -2.30. The maximum atomic E-state index is 12.4. The fourth-order valence-electron chi connectivity index (χ4n) is 2.50. The highest BCUT2D eigenvalue weighted by Gasteiger charge is 2.14. The summed E-state index contributed by atoms with van der Waals surface area (Å²) in [6.45, 7) is 3.39. The molecule has 2 amide bonds. The van der Waals surface area contributed by atoms with Crippen LogP contribution in [0.15, 0.2) is 42.6 Å². The van der Waals surface area contributed by atoms with Crippen molar-refractivity contribution in [1.82, 2.24) is 15.2 Å². The van der Waals surface area contributed by atoms with Crippen molar-refractivity contribution in [1.29, 1.82) is 0 Å². The summed E-state index contributed by atoms with van der Waals surface area (Å²) >= 11 is 0. The molecule has 7 heteroatoms. The molecule has 0 aliphatic rings. The zero-order valence-corrected chi connectivity index (χ0v) is 16.6. The summed E-state index contributed by atoms with van der Waals surface area (Å²) in [4.78, 5) is 30.4. The van der Waals surface area contributed by atoms with Gasteiger partial charge in [-0.15, -0.1) is 0 Å². The molecule has 0 fully saturated rings. The van der Waals surface area contributed by atoms with Crippen LogP contribution in [0.4, 0.5) is 0 Å². The second-order valence-electron chi connectivity index (χ2n) is 6.29. The van der Waals surface area contributed by atoms with E-state index in [1.54, 1.807) is 49.4 Å². The molecule has 7 nitrogen and oxygen atoms in total. The number of amides is 2. The molecular weight excluding hydrogens is 358 g/mol. The third-order valence-corrected chi connectivity index (χ3v) is 4.15. The van der Waals surface area contributed by atoms with Crippen LogP contribution in [-0.4, -0.2) is 55.6 Å². The van der Waals surface area contributed by atoms with E-state index in [9.17, 15) is 9.59 Å². The van der Waals surface area contributed by atoms with Crippen LogP contribution in [0.3, 0.4) is 0 Å².